The van der Waals surface area contributed by atoms with Gasteiger partial charge in [-0.1, -0.05) is 26.0 Å². The van der Waals surface area contributed by atoms with Crippen LogP contribution < -0.4 is 10.5 Å². The Morgan fingerprint density at radius 2 is 1.90 bits per heavy atom. The Morgan fingerprint density at radius 1 is 1.15 bits per heavy atom. The van der Waals surface area contributed by atoms with Gasteiger partial charge in [0.1, 0.15) is 5.75 Å². The van der Waals surface area contributed by atoms with Crippen LogP contribution in [-0.4, -0.2) is 11.6 Å². The second-order valence-electron chi connectivity index (χ2n) is 5.02. The first-order valence-corrected chi connectivity index (χ1v) is 7.10. The monoisotopic (exact) mass is 270 g/mol. The molecule has 2 unspecified atom stereocenters. The van der Waals surface area contributed by atoms with E-state index in [2.05, 4.69) is 24.9 Å². The Bertz CT molecular complexity index is 528. The summed E-state index contributed by atoms with van der Waals surface area (Å²) in [4.78, 5) is 4.05. The largest absolute Gasteiger partial charge is 0.494 e. The van der Waals surface area contributed by atoms with Crippen molar-refractivity contribution in [2.24, 2.45) is 5.73 Å². The average molecular weight is 270 g/mol. The zero-order valence-electron chi connectivity index (χ0n) is 12.1. The lowest BCUT2D eigenvalue weighted by atomic mass is 9.90. The van der Waals surface area contributed by atoms with Gasteiger partial charge in [-0.3, -0.25) is 4.98 Å². The zero-order valence-corrected chi connectivity index (χ0v) is 12.1. The van der Waals surface area contributed by atoms with Crippen LogP contribution in [0.2, 0.25) is 0 Å². The summed E-state index contributed by atoms with van der Waals surface area (Å²) in [5.74, 6) is 1.13. The molecule has 1 aromatic carbocycles. The minimum atomic E-state index is -0.0532. The maximum Gasteiger partial charge on any atom is 0.119 e. The molecule has 0 bridgehead atoms. The summed E-state index contributed by atoms with van der Waals surface area (Å²) in [5.41, 5.74) is 8.69. The molecule has 20 heavy (non-hydrogen) atoms. The molecule has 0 aliphatic carbocycles. The number of rotatable bonds is 6. The van der Waals surface area contributed by atoms with Gasteiger partial charge < -0.3 is 10.5 Å². The Kier molecular flexibility index (Phi) is 5.13. The Balaban J connectivity index is 2.14. The molecule has 106 valence electrons. The predicted octanol–water partition coefficient (Wildman–Crippen LogP) is 3.67. The van der Waals surface area contributed by atoms with E-state index in [1.54, 1.807) is 12.4 Å². The van der Waals surface area contributed by atoms with Crippen LogP contribution in [0.3, 0.4) is 0 Å². The van der Waals surface area contributed by atoms with Crippen molar-refractivity contribution in [3.05, 3.63) is 59.9 Å². The van der Waals surface area contributed by atoms with Gasteiger partial charge in [-0.2, -0.15) is 0 Å². The SMILES string of the molecule is CCCOc1cccc(C(N)C(C)c2ccncc2)c1. The van der Waals surface area contributed by atoms with Crippen LogP contribution in [0, 0.1) is 0 Å². The van der Waals surface area contributed by atoms with Gasteiger partial charge >= 0.3 is 0 Å². The van der Waals surface area contributed by atoms with Gasteiger partial charge in [0, 0.05) is 24.4 Å². The van der Waals surface area contributed by atoms with Crippen molar-refractivity contribution in [1.82, 2.24) is 4.98 Å². The van der Waals surface area contributed by atoms with Gasteiger partial charge in [-0.05, 0) is 41.8 Å². The highest BCUT2D eigenvalue weighted by Crippen LogP contribution is 2.29. The lowest BCUT2D eigenvalue weighted by Gasteiger charge is -2.21. The molecule has 3 heteroatoms. The molecule has 1 aromatic heterocycles. The molecule has 2 rings (SSSR count). The molecule has 0 aliphatic heterocycles. The van der Waals surface area contributed by atoms with Gasteiger partial charge in [-0.25, -0.2) is 0 Å². The zero-order chi connectivity index (χ0) is 14.4. The number of ether oxygens (including phenoxy) is 1. The van der Waals surface area contributed by atoms with Crippen molar-refractivity contribution in [1.29, 1.82) is 0 Å². The average Bonchev–Trinajstić information content (AvgIpc) is 2.52. The van der Waals surface area contributed by atoms with E-state index in [0.29, 0.717) is 0 Å². The van der Waals surface area contributed by atoms with E-state index in [9.17, 15) is 0 Å². The first kappa shape index (κ1) is 14.5. The fraction of sp³-hybridized carbons (Fsp3) is 0.353. The third-order valence-corrected chi connectivity index (χ3v) is 3.49. The van der Waals surface area contributed by atoms with E-state index in [1.165, 1.54) is 5.56 Å². The molecular formula is C17H22N2O. The number of nitrogens with two attached hydrogens (primary N) is 1. The maximum absolute atomic E-state index is 6.39. The van der Waals surface area contributed by atoms with E-state index >= 15 is 0 Å². The lowest BCUT2D eigenvalue weighted by molar-refractivity contribution is 0.317. The second kappa shape index (κ2) is 7.06. The van der Waals surface area contributed by atoms with E-state index in [4.69, 9.17) is 10.5 Å². The van der Waals surface area contributed by atoms with E-state index in [0.717, 1.165) is 24.3 Å². The van der Waals surface area contributed by atoms with Crippen LogP contribution in [0.1, 0.15) is 43.4 Å². The Morgan fingerprint density at radius 3 is 2.60 bits per heavy atom. The Labute approximate surface area is 120 Å². The maximum atomic E-state index is 6.39. The van der Waals surface area contributed by atoms with Gasteiger partial charge in [0.25, 0.3) is 0 Å². The fourth-order valence-electron chi connectivity index (χ4n) is 2.19. The number of hydrogen-bond acceptors (Lipinski definition) is 3. The summed E-state index contributed by atoms with van der Waals surface area (Å²) in [6.45, 7) is 4.97. The normalized spacial score (nSPS) is 13.8. The molecule has 0 fully saturated rings. The topological polar surface area (TPSA) is 48.1 Å². The first-order valence-electron chi connectivity index (χ1n) is 7.10. The molecule has 3 nitrogen and oxygen atoms in total. The first-order chi connectivity index (χ1) is 9.72. The van der Waals surface area contributed by atoms with Crippen LogP contribution in [0.5, 0.6) is 5.75 Å². The minimum Gasteiger partial charge on any atom is -0.494 e. The number of pyridine rings is 1. The third-order valence-electron chi connectivity index (χ3n) is 3.49. The second-order valence-corrected chi connectivity index (χ2v) is 5.02. The van der Waals surface area contributed by atoms with E-state index in [-0.39, 0.29) is 12.0 Å². The lowest BCUT2D eigenvalue weighted by Crippen LogP contribution is -2.17. The summed E-state index contributed by atoms with van der Waals surface area (Å²) in [6, 6.07) is 12.0. The summed E-state index contributed by atoms with van der Waals surface area (Å²) in [7, 11) is 0. The van der Waals surface area contributed by atoms with Gasteiger partial charge in [0.2, 0.25) is 0 Å². The molecular weight excluding hydrogens is 248 g/mol. The van der Waals surface area contributed by atoms with Crippen LogP contribution in [0.4, 0.5) is 0 Å². The molecule has 1 heterocycles. The van der Waals surface area contributed by atoms with Crippen LogP contribution in [0.15, 0.2) is 48.8 Å². The van der Waals surface area contributed by atoms with Gasteiger partial charge in [0.15, 0.2) is 0 Å². The summed E-state index contributed by atoms with van der Waals surface area (Å²) < 4.78 is 5.67. The highest BCUT2D eigenvalue weighted by atomic mass is 16.5. The molecule has 0 radical (unpaired) electrons. The highest BCUT2D eigenvalue weighted by molar-refractivity contribution is 5.33. The van der Waals surface area contributed by atoms with Crippen molar-refractivity contribution in [2.75, 3.05) is 6.61 Å². The van der Waals surface area contributed by atoms with Gasteiger partial charge in [-0.15, -0.1) is 0 Å². The summed E-state index contributed by atoms with van der Waals surface area (Å²) in [6.07, 6.45) is 4.61. The minimum absolute atomic E-state index is 0.0532. The molecule has 2 atom stereocenters. The van der Waals surface area contributed by atoms with Crippen molar-refractivity contribution in [3.63, 3.8) is 0 Å². The quantitative estimate of drug-likeness (QED) is 0.871. The third kappa shape index (κ3) is 3.58. The van der Waals surface area contributed by atoms with Crippen molar-refractivity contribution >= 4 is 0 Å². The molecule has 2 aromatic rings. The highest BCUT2D eigenvalue weighted by Gasteiger charge is 2.17. The number of hydrogen-bond donors (Lipinski definition) is 1. The van der Waals surface area contributed by atoms with Crippen LogP contribution >= 0.6 is 0 Å². The van der Waals surface area contributed by atoms with Crippen LogP contribution in [-0.2, 0) is 0 Å². The number of aromatic nitrogens is 1. The van der Waals surface area contributed by atoms with Crippen molar-refractivity contribution in [3.8, 4) is 5.75 Å². The number of benzene rings is 1. The summed E-state index contributed by atoms with van der Waals surface area (Å²) in [5, 5.41) is 0. The van der Waals surface area contributed by atoms with Crippen LogP contribution in [0.25, 0.3) is 0 Å². The van der Waals surface area contributed by atoms with E-state index in [1.807, 2.05) is 30.3 Å². The summed E-state index contributed by atoms with van der Waals surface area (Å²) >= 11 is 0. The Hall–Kier alpha value is -1.87. The molecule has 0 amide bonds. The smallest absolute Gasteiger partial charge is 0.119 e. The fourth-order valence-corrected chi connectivity index (χ4v) is 2.19. The molecule has 0 saturated heterocycles. The van der Waals surface area contributed by atoms with E-state index < -0.39 is 0 Å². The predicted molar refractivity (Wildman–Crippen MR) is 81.8 cm³/mol. The van der Waals surface area contributed by atoms with Crippen molar-refractivity contribution < 1.29 is 4.74 Å². The molecule has 0 aliphatic rings. The molecule has 0 saturated carbocycles. The standard InChI is InChI=1S/C17H22N2O/c1-3-11-20-16-6-4-5-15(12-16)17(18)13(2)14-7-9-19-10-8-14/h4-10,12-13,17H,3,11,18H2,1-2H3. The number of nitrogens with zero attached hydrogens (tertiary/aromatic N) is 1. The van der Waals surface area contributed by atoms with Gasteiger partial charge in [0.05, 0.1) is 6.61 Å². The molecule has 2 N–H and O–H groups in total. The molecule has 0 spiro atoms. The van der Waals surface area contributed by atoms with Crippen molar-refractivity contribution in [2.45, 2.75) is 32.2 Å².